The monoisotopic (exact) mass is 548 g/mol. The molecule has 5 nitrogen and oxygen atoms in total. The quantitative estimate of drug-likeness (QED) is 0.269. The summed E-state index contributed by atoms with van der Waals surface area (Å²) in [5.41, 5.74) is -0.759. The highest BCUT2D eigenvalue weighted by Crippen LogP contribution is 2.51. The van der Waals surface area contributed by atoms with E-state index in [4.69, 9.17) is 0 Å². The number of hydrogen-bond acceptors (Lipinski definition) is 3. The molecule has 0 atom stereocenters. The second-order valence-electron chi connectivity index (χ2n) is 10.2. The molecule has 0 unspecified atom stereocenters. The maximum Gasteiger partial charge on any atom is 0.333 e. The molecular formula is C30H36F4N2O3. The van der Waals surface area contributed by atoms with Gasteiger partial charge in [-0.15, -0.1) is 0 Å². The molecule has 0 aromatic heterocycles. The third kappa shape index (κ3) is 6.68. The Morgan fingerprint density at radius 3 is 1.33 bits per heavy atom. The normalized spacial score (nSPS) is 18.6. The van der Waals surface area contributed by atoms with Crippen molar-refractivity contribution in [1.29, 1.82) is 0 Å². The average Bonchev–Trinajstić information content (AvgIpc) is 3.86. The summed E-state index contributed by atoms with van der Waals surface area (Å²) in [6.07, 6.45) is 2.41. The van der Waals surface area contributed by atoms with Crippen molar-refractivity contribution in [1.82, 2.24) is 9.80 Å². The van der Waals surface area contributed by atoms with Gasteiger partial charge in [-0.2, -0.15) is 0 Å². The first-order valence-corrected chi connectivity index (χ1v) is 13.6. The van der Waals surface area contributed by atoms with Crippen molar-refractivity contribution in [3.05, 3.63) is 70.8 Å². The van der Waals surface area contributed by atoms with Crippen molar-refractivity contribution in [2.24, 2.45) is 10.8 Å². The summed E-state index contributed by atoms with van der Waals surface area (Å²) in [4.78, 5) is 40.6. The van der Waals surface area contributed by atoms with Crippen LogP contribution in [-0.4, -0.2) is 40.7 Å². The molecule has 3 fully saturated rings. The maximum atomic E-state index is 14.2. The van der Waals surface area contributed by atoms with Gasteiger partial charge < -0.3 is 0 Å². The first-order chi connectivity index (χ1) is 18.6. The number of benzene rings is 2. The van der Waals surface area contributed by atoms with Crippen LogP contribution in [0.15, 0.2) is 36.4 Å². The number of rotatable bonds is 8. The molecule has 2 saturated carbocycles. The molecule has 0 bridgehead atoms. The summed E-state index contributed by atoms with van der Waals surface area (Å²) >= 11 is 0. The zero-order valence-electron chi connectivity index (χ0n) is 23.0. The molecule has 1 saturated heterocycles. The van der Waals surface area contributed by atoms with Crippen LogP contribution in [0, 0.1) is 34.1 Å². The smallest absolute Gasteiger partial charge is 0.274 e. The van der Waals surface area contributed by atoms with E-state index in [-0.39, 0.29) is 37.1 Å². The highest BCUT2D eigenvalue weighted by atomic mass is 19.2. The van der Waals surface area contributed by atoms with E-state index in [0.29, 0.717) is 25.7 Å². The van der Waals surface area contributed by atoms with Crippen LogP contribution in [0.25, 0.3) is 0 Å². The summed E-state index contributed by atoms with van der Waals surface area (Å²) in [5, 5.41) is 0. The molecule has 2 aliphatic carbocycles. The van der Waals surface area contributed by atoms with Gasteiger partial charge in [0.25, 0.3) is 0 Å². The lowest BCUT2D eigenvalue weighted by Gasteiger charge is -2.36. The van der Waals surface area contributed by atoms with Crippen molar-refractivity contribution in [3.8, 4) is 0 Å². The standard InChI is InChI=1S/C26H24F4N2O3.2C2H6/c27-18-5-1-3-16(22(18)29)12-25(7-8-25)14-31-20(33)11-21(34)32(24(31)35)15-26(9-10-26)13-17-4-2-6-19(28)23(17)30;2*1-2/h1-6H,7-15H2;2*1-2H3. The number of nitrogens with zero attached hydrogens (tertiary/aromatic N) is 2. The Balaban J connectivity index is 0.00000100. The lowest BCUT2D eigenvalue weighted by atomic mass is 9.94. The molecule has 39 heavy (non-hydrogen) atoms. The van der Waals surface area contributed by atoms with Crippen LogP contribution >= 0.6 is 0 Å². The summed E-state index contributed by atoms with van der Waals surface area (Å²) in [7, 11) is 0. The molecule has 1 heterocycles. The largest absolute Gasteiger partial charge is 0.333 e. The number of amides is 4. The van der Waals surface area contributed by atoms with E-state index < -0.39 is 58.4 Å². The Morgan fingerprint density at radius 1 is 0.641 bits per heavy atom. The summed E-state index contributed by atoms with van der Waals surface area (Å²) in [5.74, 6) is -5.03. The fraction of sp³-hybridized carbons (Fsp3) is 0.500. The van der Waals surface area contributed by atoms with Crippen LogP contribution in [0.3, 0.4) is 0 Å². The molecule has 3 aliphatic rings. The van der Waals surface area contributed by atoms with E-state index in [1.54, 1.807) is 0 Å². The van der Waals surface area contributed by atoms with Gasteiger partial charge in [0.15, 0.2) is 23.3 Å². The van der Waals surface area contributed by atoms with E-state index in [1.165, 1.54) is 24.3 Å². The Bertz CT molecular complexity index is 1130. The lowest BCUT2D eigenvalue weighted by molar-refractivity contribution is -0.143. The van der Waals surface area contributed by atoms with Gasteiger partial charge in [-0.05, 0) is 72.6 Å². The van der Waals surface area contributed by atoms with Gasteiger partial charge in [-0.3, -0.25) is 19.4 Å². The zero-order valence-corrected chi connectivity index (χ0v) is 23.0. The topological polar surface area (TPSA) is 57.7 Å². The highest BCUT2D eigenvalue weighted by molar-refractivity contribution is 6.14. The predicted octanol–water partition coefficient (Wildman–Crippen LogP) is 6.82. The molecule has 1 aliphatic heterocycles. The van der Waals surface area contributed by atoms with Crippen molar-refractivity contribution >= 4 is 17.8 Å². The van der Waals surface area contributed by atoms with Crippen molar-refractivity contribution in [2.45, 2.75) is 72.6 Å². The Hall–Kier alpha value is -3.23. The Labute approximate surface area is 227 Å². The van der Waals surface area contributed by atoms with E-state index in [2.05, 4.69) is 0 Å². The second-order valence-corrected chi connectivity index (χ2v) is 10.2. The third-order valence-electron chi connectivity index (χ3n) is 7.46. The minimum Gasteiger partial charge on any atom is -0.274 e. The van der Waals surface area contributed by atoms with Gasteiger partial charge in [0.1, 0.15) is 6.42 Å². The number of urea groups is 1. The van der Waals surface area contributed by atoms with Crippen molar-refractivity contribution in [2.75, 3.05) is 13.1 Å². The molecular weight excluding hydrogens is 512 g/mol. The van der Waals surface area contributed by atoms with Crippen molar-refractivity contribution < 1.29 is 31.9 Å². The van der Waals surface area contributed by atoms with Crippen LogP contribution in [0.2, 0.25) is 0 Å². The molecule has 4 amide bonds. The van der Waals surface area contributed by atoms with Crippen LogP contribution in [0.4, 0.5) is 22.4 Å². The molecule has 0 spiro atoms. The van der Waals surface area contributed by atoms with Crippen LogP contribution in [0.5, 0.6) is 0 Å². The molecule has 0 N–H and O–H groups in total. The van der Waals surface area contributed by atoms with Gasteiger partial charge in [0.2, 0.25) is 11.8 Å². The van der Waals surface area contributed by atoms with Gasteiger partial charge in [0.05, 0.1) is 0 Å². The first kappa shape index (κ1) is 30.3. The fourth-order valence-electron chi connectivity index (χ4n) is 4.97. The van der Waals surface area contributed by atoms with E-state index >= 15 is 0 Å². The highest BCUT2D eigenvalue weighted by Gasteiger charge is 2.52. The molecule has 2 aromatic rings. The van der Waals surface area contributed by atoms with Crippen molar-refractivity contribution in [3.63, 3.8) is 0 Å². The van der Waals surface area contributed by atoms with E-state index in [9.17, 15) is 31.9 Å². The number of imide groups is 2. The molecule has 212 valence electrons. The number of hydrogen-bond donors (Lipinski definition) is 0. The minimum atomic E-state index is -0.954. The minimum absolute atomic E-state index is 0.00985. The van der Waals surface area contributed by atoms with E-state index in [0.717, 1.165) is 21.9 Å². The maximum absolute atomic E-state index is 14.2. The van der Waals surface area contributed by atoms with Gasteiger partial charge >= 0.3 is 6.03 Å². The molecule has 9 heteroatoms. The fourth-order valence-corrected chi connectivity index (χ4v) is 4.97. The molecule has 2 aromatic carbocycles. The number of carbonyl (C=O) groups is 3. The van der Waals surface area contributed by atoms with Crippen LogP contribution < -0.4 is 0 Å². The number of halogens is 4. The van der Waals surface area contributed by atoms with Gasteiger partial charge in [-0.25, -0.2) is 22.4 Å². The molecule has 0 radical (unpaired) electrons. The van der Waals surface area contributed by atoms with Gasteiger partial charge in [0, 0.05) is 13.1 Å². The van der Waals surface area contributed by atoms with Crippen LogP contribution in [-0.2, 0) is 22.4 Å². The third-order valence-corrected chi connectivity index (χ3v) is 7.46. The van der Waals surface area contributed by atoms with E-state index in [1.807, 2.05) is 27.7 Å². The lowest BCUT2D eigenvalue weighted by Crippen LogP contribution is -2.57. The van der Waals surface area contributed by atoms with Crippen LogP contribution in [0.1, 0.15) is 70.9 Å². The summed E-state index contributed by atoms with van der Waals surface area (Å²) < 4.78 is 55.7. The number of carbonyl (C=O) groups excluding carboxylic acids is 3. The first-order valence-electron chi connectivity index (χ1n) is 13.6. The average molecular weight is 549 g/mol. The summed E-state index contributed by atoms with van der Waals surface area (Å²) in [6, 6.07) is 7.11. The summed E-state index contributed by atoms with van der Waals surface area (Å²) in [6.45, 7) is 8.02. The SMILES string of the molecule is CC.CC.O=C1CC(=O)N(CC2(Cc3cccc(F)c3F)CC2)C(=O)N1CC1(Cc2cccc(F)c2F)CC1. The number of barbiturate groups is 1. The predicted molar refractivity (Wildman–Crippen MR) is 140 cm³/mol. The second kappa shape index (κ2) is 12.3. The Morgan fingerprint density at radius 2 is 1.00 bits per heavy atom. The zero-order chi connectivity index (χ0) is 29.0. The van der Waals surface area contributed by atoms with Gasteiger partial charge in [-0.1, -0.05) is 52.0 Å². The Kier molecular flexibility index (Phi) is 9.56. The molecule has 5 rings (SSSR count).